The largest absolute Gasteiger partial charge is 0.310 e. The Kier molecular flexibility index (Phi) is 7.23. The van der Waals surface area contributed by atoms with Crippen LogP contribution in [0.1, 0.15) is 121 Å². The molecule has 270 valence electrons. The summed E-state index contributed by atoms with van der Waals surface area (Å²) in [5.74, 6) is 3.38. The minimum Gasteiger partial charge on any atom is -0.310 e. The van der Waals surface area contributed by atoms with E-state index in [-0.39, 0.29) is 21.7 Å². The topological polar surface area (TPSA) is 3.24 Å². The lowest BCUT2D eigenvalue weighted by Crippen LogP contribution is -2.55. The first-order valence-electron chi connectivity index (χ1n) is 20.7. The zero-order valence-corrected chi connectivity index (χ0v) is 33.1. The molecule has 1 heteroatoms. The van der Waals surface area contributed by atoms with Crippen molar-refractivity contribution in [2.45, 2.75) is 115 Å². The maximum atomic E-state index is 2.57. The smallest absolute Gasteiger partial charge is 0.0543 e. The summed E-state index contributed by atoms with van der Waals surface area (Å²) in [5, 5.41) is 0. The molecule has 0 amide bonds. The molecule has 1 spiro atoms. The fourth-order valence-corrected chi connectivity index (χ4v) is 12.5. The molecule has 0 heterocycles. The van der Waals surface area contributed by atoms with Crippen LogP contribution in [0.2, 0.25) is 0 Å². The van der Waals surface area contributed by atoms with Gasteiger partial charge in [0, 0.05) is 22.4 Å². The van der Waals surface area contributed by atoms with Gasteiger partial charge in [-0.1, -0.05) is 127 Å². The van der Waals surface area contributed by atoms with Gasteiger partial charge in [-0.05, 0) is 160 Å². The van der Waals surface area contributed by atoms with Crippen LogP contribution < -0.4 is 4.90 Å². The lowest BCUT2D eigenvalue weighted by atomic mass is 9.43. The van der Waals surface area contributed by atoms with Crippen molar-refractivity contribution in [3.05, 3.63) is 137 Å². The molecular weight excluding hydrogens is 639 g/mol. The van der Waals surface area contributed by atoms with E-state index in [9.17, 15) is 0 Å². The van der Waals surface area contributed by atoms with Crippen LogP contribution in [0.25, 0.3) is 22.3 Å². The average molecular weight is 696 g/mol. The van der Waals surface area contributed by atoms with Gasteiger partial charge in [0.1, 0.15) is 0 Å². The molecule has 0 atom stereocenters. The molecule has 4 fully saturated rings. The zero-order chi connectivity index (χ0) is 36.5. The Morgan fingerprint density at radius 3 is 1.74 bits per heavy atom. The standard InChI is InChI=1S/C52H57N/c1-49(2,3)37-18-22-41(23-19-37)53(40-20-15-35(16-21-40)36-17-24-44-46(32-36)51(6,7)26-25-50(44,4)5)47-14-10-13-45-48(47)42-11-8-9-12-43(42)52(45)38-28-33-27-34(30-38)31-39(52)29-33/h8-24,32-34,38-39H,25-31H2,1-7H3. The van der Waals surface area contributed by atoms with Crippen LogP contribution in [0, 0.1) is 23.7 Å². The highest BCUT2D eigenvalue weighted by Crippen LogP contribution is 2.70. The molecular formula is C52H57N. The number of benzene rings is 5. The van der Waals surface area contributed by atoms with E-state index in [0.717, 1.165) is 23.7 Å². The van der Waals surface area contributed by atoms with Gasteiger partial charge in [0.2, 0.25) is 0 Å². The summed E-state index contributed by atoms with van der Waals surface area (Å²) in [6, 6.07) is 43.1. The average Bonchev–Trinajstić information content (AvgIpc) is 3.44. The van der Waals surface area contributed by atoms with Gasteiger partial charge in [-0.3, -0.25) is 0 Å². The molecule has 5 aromatic rings. The molecule has 0 N–H and O–H groups in total. The first kappa shape index (κ1) is 33.5. The van der Waals surface area contributed by atoms with Gasteiger partial charge in [-0.25, -0.2) is 0 Å². The summed E-state index contributed by atoms with van der Waals surface area (Å²) >= 11 is 0. The van der Waals surface area contributed by atoms with Crippen LogP contribution in [-0.2, 0) is 21.7 Å². The summed E-state index contributed by atoms with van der Waals surface area (Å²) in [6.45, 7) is 16.6. The highest BCUT2D eigenvalue weighted by Gasteiger charge is 2.61. The van der Waals surface area contributed by atoms with E-state index in [2.05, 4.69) is 163 Å². The maximum absolute atomic E-state index is 2.57. The van der Waals surface area contributed by atoms with Crippen LogP contribution in [-0.4, -0.2) is 0 Å². The number of rotatable bonds is 4. The number of fused-ring (bicyclic) bond motifs is 4. The first-order valence-corrected chi connectivity index (χ1v) is 20.7. The predicted molar refractivity (Wildman–Crippen MR) is 224 cm³/mol. The quantitative estimate of drug-likeness (QED) is 0.181. The van der Waals surface area contributed by atoms with E-state index in [1.54, 1.807) is 11.1 Å². The lowest BCUT2D eigenvalue weighted by molar-refractivity contribution is -0.0399. The van der Waals surface area contributed by atoms with Crippen molar-refractivity contribution in [1.29, 1.82) is 0 Å². The number of hydrogen-bond donors (Lipinski definition) is 0. The van der Waals surface area contributed by atoms with Crippen LogP contribution in [0.3, 0.4) is 0 Å². The van der Waals surface area contributed by atoms with E-state index in [1.165, 1.54) is 101 Å². The lowest BCUT2D eigenvalue weighted by Gasteiger charge is -2.61. The van der Waals surface area contributed by atoms with Gasteiger partial charge in [0.05, 0.1) is 5.69 Å². The highest BCUT2D eigenvalue weighted by molar-refractivity contribution is 5.95. The van der Waals surface area contributed by atoms with E-state index < -0.39 is 0 Å². The molecule has 0 aliphatic heterocycles. The molecule has 0 radical (unpaired) electrons. The Bertz CT molecular complexity index is 2200. The van der Waals surface area contributed by atoms with Gasteiger partial charge >= 0.3 is 0 Å². The normalized spacial score (nSPS) is 27.0. The maximum Gasteiger partial charge on any atom is 0.0543 e. The fraction of sp³-hybridized carbons (Fsp3) is 0.423. The Balaban J connectivity index is 1.12. The highest BCUT2D eigenvalue weighted by atomic mass is 15.1. The molecule has 11 rings (SSSR count). The molecule has 0 unspecified atom stereocenters. The Morgan fingerprint density at radius 1 is 0.528 bits per heavy atom. The van der Waals surface area contributed by atoms with Crippen molar-refractivity contribution in [3.63, 3.8) is 0 Å². The summed E-state index contributed by atoms with van der Waals surface area (Å²) < 4.78 is 0. The van der Waals surface area contributed by atoms with E-state index in [1.807, 2.05) is 0 Å². The monoisotopic (exact) mass is 695 g/mol. The molecule has 6 aliphatic carbocycles. The van der Waals surface area contributed by atoms with Crippen molar-refractivity contribution in [2.24, 2.45) is 23.7 Å². The third kappa shape index (κ3) is 4.94. The predicted octanol–water partition coefficient (Wildman–Crippen LogP) is 14.2. The van der Waals surface area contributed by atoms with Crippen LogP contribution in [0.15, 0.2) is 109 Å². The van der Waals surface area contributed by atoms with Gasteiger partial charge in [0.15, 0.2) is 0 Å². The third-order valence-electron chi connectivity index (χ3n) is 15.1. The molecule has 4 bridgehead atoms. The van der Waals surface area contributed by atoms with Gasteiger partial charge < -0.3 is 4.90 Å². The number of hydrogen-bond acceptors (Lipinski definition) is 1. The summed E-state index contributed by atoms with van der Waals surface area (Å²) in [4.78, 5) is 2.57. The second-order valence-electron chi connectivity index (χ2n) is 20.1. The van der Waals surface area contributed by atoms with E-state index in [4.69, 9.17) is 0 Å². The second-order valence-corrected chi connectivity index (χ2v) is 20.1. The van der Waals surface area contributed by atoms with Gasteiger partial charge in [0.25, 0.3) is 0 Å². The molecule has 53 heavy (non-hydrogen) atoms. The number of anilines is 3. The van der Waals surface area contributed by atoms with Crippen molar-refractivity contribution >= 4 is 17.1 Å². The van der Waals surface area contributed by atoms with Crippen molar-refractivity contribution in [1.82, 2.24) is 0 Å². The molecule has 5 aromatic carbocycles. The summed E-state index contributed by atoms with van der Waals surface area (Å²) in [7, 11) is 0. The molecule has 6 aliphatic rings. The summed E-state index contributed by atoms with van der Waals surface area (Å²) in [6.07, 6.45) is 9.57. The SMILES string of the molecule is CC(C)(C)c1ccc(N(c2ccc(-c3ccc4c(c3)C(C)(C)CCC4(C)C)cc2)c2cccc3c2-c2ccccc2C32C3CC4CC(C3)CC2C4)cc1. The number of nitrogens with zero attached hydrogens (tertiary/aromatic N) is 1. The van der Waals surface area contributed by atoms with Gasteiger partial charge in [-0.15, -0.1) is 0 Å². The minimum atomic E-state index is 0.0997. The molecule has 1 nitrogen and oxygen atoms in total. The Hall–Kier alpha value is -4.10. The second kappa shape index (κ2) is 11.5. The minimum absolute atomic E-state index is 0.0997. The van der Waals surface area contributed by atoms with Crippen molar-refractivity contribution in [3.8, 4) is 22.3 Å². The van der Waals surface area contributed by atoms with Crippen LogP contribution in [0.5, 0.6) is 0 Å². The Labute approximate surface area is 318 Å². The third-order valence-corrected chi connectivity index (χ3v) is 15.1. The van der Waals surface area contributed by atoms with E-state index in [0.29, 0.717) is 0 Å². The van der Waals surface area contributed by atoms with Crippen molar-refractivity contribution < 1.29 is 0 Å². The zero-order valence-electron chi connectivity index (χ0n) is 33.1. The van der Waals surface area contributed by atoms with Gasteiger partial charge in [-0.2, -0.15) is 0 Å². The summed E-state index contributed by atoms with van der Waals surface area (Å²) in [5.41, 5.74) is 17.6. The molecule has 0 saturated heterocycles. The van der Waals surface area contributed by atoms with E-state index >= 15 is 0 Å². The van der Waals surface area contributed by atoms with Crippen molar-refractivity contribution in [2.75, 3.05) is 4.90 Å². The molecule has 0 aromatic heterocycles. The Morgan fingerprint density at radius 2 is 1.09 bits per heavy atom. The fourth-order valence-electron chi connectivity index (χ4n) is 12.5. The van der Waals surface area contributed by atoms with Crippen LogP contribution >= 0.6 is 0 Å². The molecule has 4 saturated carbocycles. The van der Waals surface area contributed by atoms with Crippen LogP contribution in [0.4, 0.5) is 17.1 Å². The first-order chi connectivity index (χ1) is 25.3.